The molecule has 1 aliphatic heterocycles. The van der Waals surface area contributed by atoms with Crippen molar-refractivity contribution in [1.29, 1.82) is 0 Å². The molecule has 0 radical (unpaired) electrons. The number of carbonyl (C=O) groups excluding carboxylic acids is 1. The molecular weight excluding hydrogens is 226 g/mol. The summed E-state index contributed by atoms with van der Waals surface area (Å²) in [5.41, 5.74) is 1.61. The summed E-state index contributed by atoms with van der Waals surface area (Å²) in [4.78, 5) is 16.5. The first-order chi connectivity index (χ1) is 8.68. The number of amides is 1. The van der Waals surface area contributed by atoms with E-state index in [2.05, 4.69) is 22.5 Å². The van der Waals surface area contributed by atoms with Crippen molar-refractivity contribution in [3.05, 3.63) is 24.0 Å². The van der Waals surface area contributed by atoms with Gasteiger partial charge in [-0.15, -0.1) is 0 Å². The van der Waals surface area contributed by atoms with Crippen molar-refractivity contribution in [3.8, 4) is 0 Å². The lowest BCUT2D eigenvalue weighted by Gasteiger charge is -2.35. The maximum atomic E-state index is 12.5. The molecule has 0 aliphatic carbocycles. The zero-order chi connectivity index (χ0) is 13.0. The first-order valence-electron chi connectivity index (χ1n) is 6.61. The number of piperidine rings is 1. The fourth-order valence-electron chi connectivity index (χ4n) is 2.49. The van der Waals surface area contributed by atoms with Crippen LogP contribution in [0, 0.1) is 12.3 Å². The Morgan fingerprint density at radius 1 is 1.61 bits per heavy atom. The van der Waals surface area contributed by atoms with Gasteiger partial charge < -0.3 is 10.6 Å². The molecule has 1 atom stereocenters. The maximum Gasteiger partial charge on any atom is 0.231 e. The minimum atomic E-state index is -0.256. The number of nitrogens with one attached hydrogen (secondary N) is 2. The molecule has 4 heteroatoms. The second-order valence-corrected chi connectivity index (χ2v) is 5.06. The van der Waals surface area contributed by atoms with Crippen LogP contribution in [0.2, 0.25) is 0 Å². The Bertz CT molecular complexity index is 425. The average molecular weight is 247 g/mol. The van der Waals surface area contributed by atoms with Crippen molar-refractivity contribution in [3.63, 3.8) is 0 Å². The van der Waals surface area contributed by atoms with Crippen LogP contribution in [0.1, 0.15) is 31.7 Å². The van der Waals surface area contributed by atoms with Gasteiger partial charge in [0, 0.05) is 24.6 Å². The van der Waals surface area contributed by atoms with Gasteiger partial charge in [-0.25, -0.2) is 0 Å². The van der Waals surface area contributed by atoms with Crippen molar-refractivity contribution in [2.45, 2.75) is 33.1 Å². The van der Waals surface area contributed by atoms with E-state index in [4.69, 9.17) is 0 Å². The van der Waals surface area contributed by atoms with Crippen LogP contribution in [0.5, 0.6) is 0 Å². The highest BCUT2D eigenvalue weighted by Gasteiger charge is 2.37. The molecule has 1 aromatic heterocycles. The van der Waals surface area contributed by atoms with Crippen molar-refractivity contribution < 1.29 is 4.79 Å². The zero-order valence-corrected chi connectivity index (χ0v) is 11.1. The molecule has 1 amide bonds. The van der Waals surface area contributed by atoms with Crippen LogP contribution in [0.4, 0.5) is 5.69 Å². The lowest BCUT2D eigenvalue weighted by atomic mass is 9.77. The van der Waals surface area contributed by atoms with Crippen molar-refractivity contribution >= 4 is 11.6 Å². The number of hydrogen-bond donors (Lipinski definition) is 2. The normalized spacial score (nSPS) is 23.7. The van der Waals surface area contributed by atoms with Crippen LogP contribution < -0.4 is 10.6 Å². The quantitative estimate of drug-likeness (QED) is 0.860. The van der Waals surface area contributed by atoms with Crippen molar-refractivity contribution in [2.24, 2.45) is 5.41 Å². The molecule has 0 saturated carbocycles. The highest BCUT2D eigenvalue weighted by molar-refractivity contribution is 5.96. The number of anilines is 1. The topological polar surface area (TPSA) is 54.0 Å². The van der Waals surface area contributed by atoms with E-state index in [9.17, 15) is 4.79 Å². The third kappa shape index (κ3) is 2.53. The van der Waals surface area contributed by atoms with Crippen LogP contribution in [0.3, 0.4) is 0 Å². The summed E-state index contributed by atoms with van der Waals surface area (Å²) < 4.78 is 0. The van der Waals surface area contributed by atoms with Crippen LogP contribution in [0.15, 0.2) is 18.5 Å². The van der Waals surface area contributed by atoms with E-state index in [1.54, 1.807) is 12.4 Å². The number of carbonyl (C=O) groups is 1. The van der Waals surface area contributed by atoms with E-state index < -0.39 is 0 Å². The van der Waals surface area contributed by atoms with Gasteiger partial charge in [-0.05, 0) is 44.4 Å². The van der Waals surface area contributed by atoms with E-state index in [-0.39, 0.29) is 11.3 Å². The number of pyridine rings is 1. The second-order valence-electron chi connectivity index (χ2n) is 5.06. The van der Waals surface area contributed by atoms with Crippen LogP contribution in [0.25, 0.3) is 0 Å². The van der Waals surface area contributed by atoms with Crippen LogP contribution in [-0.4, -0.2) is 24.0 Å². The predicted octanol–water partition coefficient (Wildman–Crippen LogP) is 2.11. The standard InChI is InChI=1S/C14H21N3O/c1-3-14(6-4-7-16-10-14)13(18)17-12-5-8-15-9-11(12)2/h5,8-9,16H,3-4,6-7,10H2,1-2H3,(H,15,17,18). The predicted molar refractivity (Wildman–Crippen MR) is 72.4 cm³/mol. The number of nitrogens with zero attached hydrogens (tertiary/aromatic N) is 1. The van der Waals surface area contributed by atoms with E-state index >= 15 is 0 Å². The summed E-state index contributed by atoms with van der Waals surface area (Å²) in [6, 6.07) is 1.85. The molecule has 2 rings (SSSR count). The third-order valence-electron chi connectivity index (χ3n) is 3.90. The Kier molecular flexibility index (Phi) is 3.97. The molecule has 1 aliphatic rings. The SMILES string of the molecule is CCC1(C(=O)Nc2ccncc2C)CCCNC1. The van der Waals surface area contributed by atoms with Gasteiger partial charge in [0.25, 0.3) is 0 Å². The highest BCUT2D eigenvalue weighted by atomic mass is 16.2. The molecule has 2 heterocycles. The summed E-state index contributed by atoms with van der Waals surface area (Å²) in [7, 11) is 0. The first kappa shape index (κ1) is 13.0. The van der Waals surface area contributed by atoms with E-state index in [1.807, 2.05) is 13.0 Å². The summed E-state index contributed by atoms with van der Waals surface area (Å²) >= 11 is 0. The molecule has 98 valence electrons. The summed E-state index contributed by atoms with van der Waals surface area (Å²) in [6.07, 6.45) is 6.38. The third-order valence-corrected chi connectivity index (χ3v) is 3.90. The maximum absolute atomic E-state index is 12.5. The Morgan fingerprint density at radius 3 is 3.06 bits per heavy atom. The summed E-state index contributed by atoms with van der Waals surface area (Å²) in [6.45, 7) is 5.84. The number of aromatic nitrogens is 1. The van der Waals surface area contributed by atoms with Gasteiger partial charge in [-0.2, -0.15) is 0 Å². The molecule has 0 bridgehead atoms. The second kappa shape index (κ2) is 5.48. The van der Waals surface area contributed by atoms with Crippen LogP contribution >= 0.6 is 0 Å². The van der Waals surface area contributed by atoms with Gasteiger partial charge in [-0.1, -0.05) is 6.92 Å². The zero-order valence-electron chi connectivity index (χ0n) is 11.1. The van der Waals surface area contributed by atoms with Gasteiger partial charge in [0.1, 0.15) is 0 Å². The lowest BCUT2D eigenvalue weighted by Crippen LogP contribution is -2.47. The smallest absolute Gasteiger partial charge is 0.231 e. The van der Waals surface area contributed by atoms with Gasteiger partial charge >= 0.3 is 0 Å². The summed E-state index contributed by atoms with van der Waals surface area (Å²) in [5, 5.41) is 6.39. The minimum Gasteiger partial charge on any atom is -0.325 e. The number of hydrogen-bond acceptors (Lipinski definition) is 3. The summed E-state index contributed by atoms with van der Waals surface area (Å²) in [5.74, 6) is 0.131. The molecule has 2 N–H and O–H groups in total. The van der Waals surface area contributed by atoms with Crippen molar-refractivity contribution in [1.82, 2.24) is 10.3 Å². The molecular formula is C14H21N3O. The van der Waals surface area contributed by atoms with E-state index in [0.717, 1.165) is 43.6 Å². The average Bonchev–Trinajstić information content (AvgIpc) is 2.42. The van der Waals surface area contributed by atoms with E-state index in [0.29, 0.717) is 0 Å². The molecule has 0 spiro atoms. The fraction of sp³-hybridized carbons (Fsp3) is 0.571. The van der Waals surface area contributed by atoms with Crippen LogP contribution in [-0.2, 0) is 4.79 Å². The highest BCUT2D eigenvalue weighted by Crippen LogP contribution is 2.31. The van der Waals surface area contributed by atoms with E-state index in [1.165, 1.54) is 0 Å². The van der Waals surface area contributed by atoms with Gasteiger partial charge in [0.2, 0.25) is 5.91 Å². The minimum absolute atomic E-state index is 0.131. The largest absolute Gasteiger partial charge is 0.325 e. The van der Waals surface area contributed by atoms with Gasteiger partial charge in [-0.3, -0.25) is 9.78 Å². The van der Waals surface area contributed by atoms with Crippen molar-refractivity contribution in [2.75, 3.05) is 18.4 Å². The Hall–Kier alpha value is -1.42. The Labute approximate surface area is 108 Å². The molecule has 1 aromatic rings. The molecule has 1 saturated heterocycles. The number of rotatable bonds is 3. The molecule has 1 fully saturated rings. The van der Waals surface area contributed by atoms with Gasteiger partial charge in [0.05, 0.1) is 5.41 Å². The van der Waals surface area contributed by atoms with Gasteiger partial charge in [0.15, 0.2) is 0 Å². The Balaban J connectivity index is 2.13. The monoisotopic (exact) mass is 247 g/mol. The lowest BCUT2D eigenvalue weighted by molar-refractivity contribution is -0.126. The fourth-order valence-corrected chi connectivity index (χ4v) is 2.49. The number of aryl methyl sites for hydroxylation is 1. The molecule has 0 aromatic carbocycles. The Morgan fingerprint density at radius 2 is 2.44 bits per heavy atom. The molecule has 18 heavy (non-hydrogen) atoms. The first-order valence-corrected chi connectivity index (χ1v) is 6.61. The molecule has 4 nitrogen and oxygen atoms in total. The molecule has 1 unspecified atom stereocenters.